The van der Waals surface area contributed by atoms with Crippen molar-refractivity contribution in [2.75, 3.05) is 11.9 Å². The van der Waals surface area contributed by atoms with E-state index in [0.29, 0.717) is 18.0 Å². The number of anilines is 1. The lowest BCUT2D eigenvalue weighted by atomic mass is 9.90. The molecule has 0 saturated heterocycles. The Morgan fingerprint density at radius 3 is 2.44 bits per heavy atom. The maximum Gasteiger partial charge on any atom is 0.270 e. The lowest BCUT2D eigenvalue weighted by molar-refractivity contribution is -0.119. The van der Waals surface area contributed by atoms with Gasteiger partial charge in [0.15, 0.2) is 0 Å². The first-order valence-corrected chi connectivity index (χ1v) is 15.1. The van der Waals surface area contributed by atoms with Gasteiger partial charge < -0.3 is 20.7 Å². The third-order valence-electron chi connectivity index (χ3n) is 8.40. The molecule has 8 heteroatoms. The van der Waals surface area contributed by atoms with E-state index in [9.17, 15) is 9.59 Å². The minimum absolute atomic E-state index is 0.0420. The second kappa shape index (κ2) is 13.3. The first-order chi connectivity index (χ1) is 19.9. The highest BCUT2D eigenvalue weighted by atomic mass is 16.5. The largest absolute Gasteiger partial charge is 0.493 e. The molecular formula is C33H43N5O3. The predicted octanol–water partition coefficient (Wildman–Crippen LogP) is 6.35. The molecule has 3 aromatic rings. The highest BCUT2D eigenvalue weighted by Crippen LogP contribution is 2.36. The molecule has 3 N–H and O–H groups in total. The number of nitrogens with one attached hydrogen (secondary N) is 3. The van der Waals surface area contributed by atoms with Crippen LogP contribution in [0, 0.1) is 5.92 Å². The van der Waals surface area contributed by atoms with E-state index in [2.05, 4.69) is 52.2 Å². The molecule has 0 bridgehead atoms. The zero-order chi connectivity index (χ0) is 28.8. The maximum absolute atomic E-state index is 13.8. The fraction of sp³-hybridized carbons (Fsp3) is 0.485. The number of benzene rings is 2. The number of hydrogen-bond donors (Lipinski definition) is 3. The molecule has 1 aliphatic heterocycles. The van der Waals surface area contributed by atoms with Crippen LogP contribution in [-0.4, -0.2) is 34.2 Å². The quantitative estimate of drug-likeness (QED) is 0.267. The number of fused-ring (bicyclic) bond motifs is 1. The summed E-state index contributed by atoms with van der Waals surface area (Å²) in [5.74, 6) is 0.404. The Labute approximate surface area is 243 Å². The van der Waals surface area contributed by atoms with Crippen LogP contribution in [0.4, 0.5) is 5.69 Å². The van der Waals surface area contributed by atoms with Gasteiger partial charge in [-0.3, -0.25) is 14.3 Å². The Bertz CT molecular complexity index is 1310. The van der Waals surface area contributed by atoms with Gasteiger partial charge in [0.1, 0.15) is 17.5 Å². The van der Waals surface area contributed by atoms with Crippen molar-refractivity contribution in [1.82, 2.24) is 20.4 Å². The minimum Gasteiger partial charge on any atom is -0.493 e. The number of carbonyl (C=O) groups is 2. The summed E-state index contributed by atoms with van der Waals surface area (Å²) < 4.78 is 7.73. The molecule has 1 unspecified atom stereocenters. The Hall–Kier alpha value is -3.65. The summed E-state index contributed by atoms with van der Waals surface area (Å²) in [6.07, 6.45) is 8.81. The normalized spacial score (nSPS) is 19.0. The Morgan fingerprint density at radius 2 is 1.71 bits per heavy atom. The van der Waals surface area contributed by atoms with Crippen molar-refractivity contribution in [2.45, 2.75) is 89.9 Å². The van der Waals surface area contributed by atoms with Crippen LogP contribution in [0.25, 0.3) is 0 Å². The zero-order valence-corrected chi connectivity index (χ0v) is 24.4. The molecule has 0 radical (unpaired) electrons. The van der Waals surface area contributed by atoms with E-state index in [1.807, 2.05) is 38.1 Å². The van der Waals surface area contributed by atoms with Crippen LogP contribution < -0.4 is 20.7 Å². The Balaban J connectivity index is 1.31. The third-order valence-corrected chi connectivity index (χ3v) is 8.40. The Morgan fingerprint density at radius 1 is 0.951 bits per heavy atom. The number of amides is 2. The molecule has 2 amide bonds. The number of aromatic nitrogens is 2. The molecule has 3 atom stereocenters. The van der Waals surface area contributed by atoms with Gasteiger partial charge in [0.2, 0.25) is 5.91 Å². The highest BCUT2D eigenvalue weighted by molar-refractivity contribution is 6.00. The number of ether oxygens (including phenoxy) is 1. The molecule has 2 aromatic carbocycles. The number of nitrogens with zero attached hydrogens (tertiary/aromatic N) is 2. The molecule has 8 nitrogen and oxygen atoms in total. The number of hydrogen-bond acceptors (Lipinski definition) is 5. The van der Waals surface area contributed by atoms with E-state index in [1.54, 1.807) is 16.9 Å². The van der Waals surface area contributed by atoms with Gasteiger partial charge in [0.05, 0.1) is 6.61 Å². The molecule has 1 saturated carbocycles. The van der Waals surface area contributed by atoms with Crippen LogP contribution in [0.1, 0.15) is 105 Å². The summed E-state index contributed by atoms with van der Waals surface area (Å²) in [6, 6.07) is 17.8. The average molecular weight is 558 g/mol. The molecule has 2 aliphatic rings. The van der Waals surface area contributed by atoms with Gasteiger partial charge in [0, 0.05) is 48.1 Å². The van der Waals surface area contributed by atoms with E-state index < -0.39 is 6.04 Å². The standard InChI is InChI=1S/C33H43N5O3/c1-22(2)38-29(17-19-34-38)32(39)37-31(25-13-7-4-5-8-14-25)33(40)36-26-15-16-27-28(18-20-41-30(27)21-26)35-23(3)24-11-9-6-10-12-24/h6,9-12,15-17,19,21-23,25,28,31,35H,4-5,7-8,13-14,18,20H2,1-3H3,(H,36,40)(H,37,39)/t23?,28-,31+/m1/s1. The third kappa shape index (κ3) is 6.99. The van der Waals surface area contributed by atoms with Crippen LogP contribution >= 0.6 is 0 Å². The second-order valence-corrected chi connectivity index (χ2v) is 11.7. The summed E-state index contributed by atoms with van der Waals surface area (Å²) in [5, 5.41) is 14.2. The molecule has 1 aromatic heterocycles. The van der Waals surface area contributed by atoms with Crippen molar-refractivity contribution in [2.24, 2.45) is 5.92 Å². The van der Waals surface area contributed by atoms with Gasteiger partial charge >= 0.3 is 0 Å². The summed E-state index contributed by atoms with van der Waals surface area (Å²) in [4.78, 5) is 27.1. The van der Waals surface area contributed by atoms with Crippen molar-refractivity contribution in [3.05, 3.63) is 77.6 Å². The number of carbonyl (C=O) groups excluding carboxylic acids is 2. The average Bonchev–Trinajstić information content (AvgIpc) is 3.33. The minimum atomic E-state index is -0.630. The van der Waals surface area contributed by atoms with Gasteiger partial charge in [-0.15, -0.1) is 0 Å². The van der Waals surface area contributed by atoms with Gasteiger partial charge in [-0.1, -0.05) is 62.1 Å². The fourth-order valence-electron chi connectivity index (χ4n) is 6.16. The van der Waals surface area contributed by atoms with Crippen molar-refractivity contribution in [3.63, 3.8) is 0 Å². The van der Waals surface area contributed by atoms with Crippen molar-refractivity contribution in [3.8, 4) is 5.75 Å². The van der Waals surface area contributed by atoms with Crippen molar-refractivity contribution >= 4 is 17.5 Å². The first-order valence-electron chi connectivity index (χ1n) is 15.1. The zero-order valence-electron chi connectivity index (χ0n) is 24.4. The van der Waals surface area contributed by atoms with Crippen LogP contribution in [0.15, 0.2) is 60.8 Å². The summed E-state index contributed by atoms with van der Waals surface area (Å²) >= 11 is 0. The fourth-order valence-corrected chi connectivity index (χ4v) is 6.16. The topological polar surface area (TPSA) is 97.3 Å². The summed E-state index contributed by atoms with van der Waals surface area (Å²) in [6.45, 7) is 6.75. The van der Waals surface area contributed by atoms with E-state index in [-0.39, 0.29) is 35.9 Å². The molecule has 0 spiro atoms. The monoisotopic (exact) mass is 557 g/mol. The van der Waals surface area contributed by atoms with Gasteiger partial charge in [0.25, 0.3) is 5.91 Å². The van der Waals surface area contributed by atoms with E-state index in [0.717, 1.165) is 43.4 Å². The van der Waals surface area contributed by atoms with Crippen molar-refractivity contribution in [1.29, 1.82) is 0 Å². The van der Waals surface area contributed by atoms with E-state index in [1.165, 1.54) is 18.4 Å². The maximum atomic E-state index is 13.8. The molecule has 41 heavy (non-hydrogen) atoms. The van der Waals surface area contributed by atoms with Crippen LogP contribution in [0.5, 0.6) is 5.75 Å². The molecule has 2 heterocycles. The predicted molar refractivity (Wildman–Crippen MR) is 161 cm³/mol. The SMILES string of the molecule is CC(N[C@@H]1CCOc2cc(NC(=O)[C@@H](NC(=O)c3ccnn3C(C)C)C3CCCCCC3)ccc21)c1ccccc1. The van der Waals surface area contributed by atoms with Crippen molar-refractivity contribution < 1.29 is 14.3 Å². The molecule has 1 aliphatic carbocycles. The van der Waals surface area contributed by atoms with Gasteiger partial charge in [-0.05, 0) is 57.2 Å². The van der Waals surface area contributed by atoms with Gasteiger partial charge in [-0.25, -0.2) is 0 Å². The Kier molecular flexibility index (Phi) is 9.39. The van der Waals surface area contributed by atoms with E-state index in [4.69, 9.17) is 4.74 Å². The molecule has 1 fully saturated rings. The number of rotatable bonds is 9. The first kappa shape index (κ1) is 28.9. The second-order valence-electron chi connectivity index (χ2n) is 11.7. The summed E-state index contributed by atoms with van der Waals surface area (Å²) in [5.41, 5.74) is 3.47. The molecule has 5 rings (SSSR count). The highest BCUT2D eigenvalue weighted by Gasteiger charge is 2.32. The lowest BCUT2D eigenvalue weighted by Gasteiger charge is -2.30. The summed E-state index contributed by atoms with van der Waals surface area (Å²) in [7, 11) is 0. The lowest BCUT2D eigenvalue weighted by Crippen LogP contribution is -2.49. The smallest absolute Gasteiger partial charge is 0.270 e. The van der Waals surface area contributed by atoms with Crippen LogP contribution in [-0.2, 0) is 4.79 Å². The van der Waals surface area contributed by atoms with Crippen LogP contribution in [0.2, 0.25) is 0 Å². The van der Waals surface area contributed by atoms with E-state index >= 15 is 0 Å². The van der Waals surface area contributed by atoms with Crippen LogP contribution in [0.3, 0.4) is 0 Å². The molecule has 218 valence electrons. The molecular weight excluding hydrogens is 514 g/mol. The van der Waals surface area contributed by atoms with Gasteiger partial charge in [-0.2, -0.15) is 5.10 Å².